The Kier molecular flexibility index (Phi) is 8.47. The molecule has 2 aromatic rings. The topological polar surface area (TPSA) is 102 Å². The number of nitro groups is 1. The van der Waals surface area contributed by atoms with Gasteiger partial charge in [0.05, 0.1) is 10.5 Å². The summed E-state index contributed by atoms with van der Waals surface area (Å²) in [4.78, 5) is 36.1. The second-order valence-corrected chi connectivity index (χ2v) is 7.42. The summed E-state index contributed by atoms with van der Waals surface area (Å²) in [5, 5.41) is 13.9. The second-order valence-electron chi connectivity index (χ2n) is 6.32. The molecular weight excluding hydrogens is 394 g/mol. The number of nitro benzene ring substituents is 1. The number of carbonyl (C=O) groups excluding carboxylic acids is 2. The molecule has 2 rings (SSSR count). The lowest BCUT2D eigenvalue weighted by molar-refractivity contribution is -0.384. The van der Waals surface area contributed by atoms with Gasteiger partial charge in [0.2, 0.25) is 0 Å². The smallest absolute Gasteiger partial charge is 0.338 e. The molecule has 154 valence electrons. The van der Waals surface area contributed by atoms with Crippen molar-refractivity contribution in [1.82, 2.24) is 5.32 Å². The van der Waals surface area contributed by atoms with Crippen LogP contribution >= 0.6 is 11.8 Å². The molecule has 0 aliphatic heterocycles. The number of rotatable bonds is 10. The van der Waals surface area contributed by atoms with Gasteiger partial charge < -0.3 is 15.0 Å². The van der Waals surface area contributed by atoms with Crippen LogP contribution in [0.4, 0.5) is 11.4 Å². The Morgan fingerprint density at radius 3 is 2.55 bits per heavy atom. The van der Waals surface area contributed by atoms with E-state index in [9.17, 15) is 19.7 Å². The summed E-state index contributed by atoms with van der Waals surface area (Å²) in [5.41, 5.74) is 1.40. The molecule has 1 N–H and O–H groups in total. The van der Waals surface area contributed by atoms with Crippen LogP contribution in [-0.4, -0.2) is 49.8 Å². The zero-order valence-corrected chi connectivity index (χ0v) is 17.1. The monoisotopic (exact) mass is 417 g/mol. The number of nitrogens with zero attached hydrogens (tertiary/aromatic N) is 2. The summed E-state index contributed by atoms with van der Waals surface area (Å²) < 4.78 is 4.96. The highest BCUT2D eigenvalue weighted by Gasteiger charge is 2.20. The minimum Gasteiger partial charge on any atom is -0.452 e. The minimum atomic E-state index is -0.785. The Labute approximate surface area is 173 Å². The number of thioether (sulfide) groups is 1. The Balaban J connectivity index is 1.74. The zero-order chi connectivity index (χ0) is 21.2. The maximum Gasteiger partial charge on any atom is 0.338 e. The van der Waals surface area contributed by atoms with Crippen molar-refractivity contribution in [2.24, 2.45) is 0 Å². The molecule has 0 bridgehead atoms. The van der Waals surface area contributed by atoms with Gasteiger partial charge in [-0.25, -0.2) is 4.79 Å². The number of nitrogens with one attached hydrogen (secondary N) is 1. The SMILES string of the molecule is CN(C)c1ccc(C(=O)OCC(=O)NCCSCc2ccccc2)cc1[N+](=O)[O-]. The Morgan fingerprint density at radius 1 is 1.17 bits per heavy atom. The molecule has 0 atom stereocenters. The molecule has 2 aromatic carbocycles. The molecule has 0 heterocycles. The first-order valence-electron chi connectivity index (χ1n) is 8.89. The molecule has 0 aliphatic carbocycles. The number of amides is 1. The number of anilines is 1. The van der Waals surface area contributed by atoms with Crippen LogP contribution in [0.2, 0.25) is 0 Å². The Hall–Kier alpha value is -3.07. The lowest BCUT2D eigenvalue weighted by Gasteiger charge is -2.13. The van der Waals surface area contributed by atoms with Crippen LogP contribution in [0.15, 0.2) is 48.5 Å². The van der Waals surface area contributed by atoms with Gasteiger partial charge in [-0.1, -0.05) is 30.3 Å². The van der Waals surface area contributed by atoms with Gasteiger partial charge in [0.25, 0.3) is 11.6 Å². The van der Waals surface area contributed by atoms with Gasteiger partial charge in [-0.15, -0.1) is 0 Å². The van der Waals surface area contributed by atoms with Crippen LogP contribution in [0.25, 0.3) is 0 Å². The summed E-state index contributed by atoms with van der Waals surface area (Å²) in [6, 6.07) is 14.1. The number of hydrogen-bond acceptors (Lipinski definition) is 7. The van der Waals surface area contributed by atoms with Crippen molar-refractivity contribution in [2.45, 2.75) is 5.75 Å². The first-order valence-corrected chi connectivity index (χ1v) is 10.0. The fourth-order valence-electron chi connectivity index (χ4n) is 2.47. The van der Waals surface area contributed by atoms with Crippen molar-refractivity contribution in [3.05, 3.63) is 69.8 Å². The van der Waals surface area contributed by atoms with Gasteiger partial charge in [0.15, 0.2) is 6.61 Å². The minimum absolute atomic E-state index is 0.0218. The Morgan fingerprint density at radius 2 is 1.90 bits per heavy atom. The molecule has 9 heteroatoms. The molecule has 0 fully saturated rings. The molecule has 1 amide bonds. The fourth-order valence-corrected chi connectivity index (χ4v) is 3.29. The highest BCUT2D eigenvalue weighted by Crippen LogP contribution is 2.27. The molecule has 0 unspecified atom stereocenters. The summed E-state index contributed by atoms with van der Waals surface area (Å²) in [6.07, 6.45) is 0. The van der Waals surface area contributed by atoms with Crippen LogP contribution in [0.1, 0.15) is 15.9 Å². The maximum absolute atomic E-state index is 12.1. The lowest BCUT2D eigenvalue weighted by atomic mass is 10.1. The van der Waals surface area contributed by atoms with Crippen LogP contribution in [-0.2, 0) is 15.3 Å². The third-order valence-corrected chi connectivity index (χ3v) is 4.93. The van der Waals surface area contributed by atoms with E-state index in [1.54, 1.807) is 30.8 Å². The predicted molar refractivity (Wildman–Crippen MR) is 113 cm³/mol. The van der Waals surface area contributed by atoms with Crippen molar-refractivity contribution < 1.29 is 19.2 Å². The number of hydrogen-bond donors (Lipinski definition) is 1. The van der Waals surface area contributed by atoms with E-state index in [2.05, 4.69) is 5.32 Å². The van der Waals surface area contributed by atoms with Crippen LogP contribution in [0.5, 0.6) is 0 Å². The molecular formula is C20H23N3O5S. The van der Waals surface area contributed by atoms with E-state index in [1.165, 1.54) is 17.7 Å². The number of carbonyl (C=O) groups is 2. The van der Waals surface area contributed by atoms with E-state index in [-0.39, 0.29) is 11.3 Å². The average molecular weight is 417 g/mol. The summed E-state index contributed by atoms with van der Waals surface area (Å²) in [5.74, 6) is 0.380. The quantitative estimate of drug-likeness (QED) is 0.274. The van der Waals surface area contributed by atoms with E-state index >= 15 is 0 Å². The molecule has 0 spiro atoms. The molecule has 0 radical (unpaired) electrons. The molecule has 0 aliphatic rings. The van der Waals surface area contributed by atoms with Crippen molar-refractivity contribution in [3.8, 4) is 0 Å². The van der Waals surface area contributed by atoms with Gasteiger partial charge >= 0.3 is 5.97 Å². The second kappa shape index (κ2) is 11.1. The van der Waals surface area contributed by atoms with E-state index in [4.69, 9.17) is 4.74 Å². The third-order valence-electron chi connectivity index (χ3n) is 3.90. The summed E-state index contributed by atoms with van der Waals surface area (Å²) in [7, 11) is 3.34. The van der Waals surface area contributed by atoms with E-state index in [1.807, 2.05) is 30.3 Å². The zero-order valence-electron chi connectivity index (χ0n) is 16.3. The normalized spacial score (nSPS) is 10.3. The molecule has 0 saturated heterocycles. The first-order chi connectivity index (χ1) is 13.9. The molecule has 29 heavy (non-hydrogen) atoms. The van der Waals surface area contributed by atoms with Gasteiger partial charge in [0, 0.05) is 38.2 Å². The number of benzene rings is 2. The average Bonchev–Trinajstić information content (AvgIpc) is 2.71. The number of esters is 1. The third kappa shape index (κ3) is 7.11. The number of ether oxygens (including phenoxy) is 1. The van der Waals surface area contributed by atoms with Crippen molar-refractivity contribution >= 4 is 35.0 Å². The van der Waals surface area contributed by atoms with E-state index < -0.39 is 23.4 Å². The largest absolute Gasteiger partial charge is 0.452 e. The van der Waals surface area contributed by atoms with Gasteiger partial charge in [-0.3, -0.25) is 14.9 Å². The fraction of sp³-hybridized carbons (Fsp3) is 0.300. The van der Waals surface area contributed by atoms with Crippen LogP contribution in [0, 0.1) is 10.1 Å². The van der Waals surface area contributed by atoms with Crippen molar-refractivity contribution in [3.63, 3.8) is 0 Å². The first kappa shape index (κ1) is 22.2. The highest BCUT2D eigenvalue weighted by atomic mass is 32.2. The summed E-state index contributed by atoms with van der Waals surface area (Å²) in [6.45, 7) is 0.0162. The standard InChI is InChI=1S/C20H23N3O5S/c1-22(2)17-9-8-16(12-18(17)23(26)27)20(25)28-13-19(24)21-10-11-29-14-15-6-4-3-5-7-15/h3-9,12H,10-11,13-14H2,1-2H3,(H,21,24). The lowest BCUT2D eigenvalue weighted by Crippen LogP contribution is -2.30. The van der Waals surface area contributed by atoms with Gasteiger partial charge in [-0.2, -0.15) is 11.8 Å². The maximum atomic E-state index is 12.1. The Bertz CT molecular complexity index is 858. The van der Waals surface area contributed by atoms with Gasteiger partial charge in [-0.05, 0) is 17.7 Å². The molecule has 0 saturated carbocycles. The predicted octanol–water partition coefficient (Wildman–Crippen LogP) is 2.87. The van der Waals surface area contributed by atoms with Crippen LogP contribution < -0.4 is 10.2 Å². The molecule has 8 nitrogen and oxygen atoms in total. The van der Waals surface area contributed by atoms with E-state index in [0.29, 0.717) is 12.2 Å². The summed E-state index contributed by atoms with van der Waals surface area (Å²) >= 11 is 1.69. The highest BCUT2D eigenvalue weighted by molar-refractivity contribution is 7.98. The van der Waals surface area contributed by atoms with Gasteiger partial charge in [0.1, 0.15) is 5.69 Å². The van der Waals surface area contributed by atoms with E-state index in [0.717, 1.165) is 17.6 Å². The van der Waals surface area contributed by atoms with Crippen LogP contribution in [0.3, 0.4) is 0 Å². The molecule has 0 aromatic heterocycles. The van der Waals surface area contributed by atoms with Crippen molar-refractivity contribution in [2.75, 3.05) is 37.9 Å². The van der Waals surface area contributed by atoms with Crippen molar-refractivity contribution in [1.29, 1.82) is 0 Å².